The highest BCUT2D eigenvalue weighted by atomic mass is 19.1. The summed E-state index contributed by atoms with van der Waals surface area (Å²) in [5.41, 5.74) is 2.54. The molecule has 3 rings (SSSR count). The molecule has 2 aromatic heterocycles. The van der Waals surface area contributed by atoms with E-state index in [-0.39, 0.29) is 17.8 Å². The molecule has 1 N–H and O–H groups in total. The zero-order chi connectivity index (χ0) is 17.8. The summed E-state index contributed by atoms with van der Waals surface area (Å²) in [7, 11) is 0. The maximum Gasteiger partial charge on any atom is 0.244 e. The molecule has 0 saturated heterocycles. The van der Waals surface area contributed by atoms with E-state index >= 15 is 0 Å². The van der Waals surface area contributed by atoms with E-state index in [1.807, 2.05) is 13.8 Å². The first kappa shape index (κ1) is 16.7. The van der Waals surface area contributed by atoms with Gasteiger partial charge in [0.1, 0.15) is 11.6 Å². The van der Waals surface area contributed by atoms with Crippen molar-refractivity contribution >= 4 is 12.0 Å². The number of amides is 1. The average Bonchev–Trinajstić information content (AvgIpc) is 3.23. The first-order chi connectivity index (χ1) is 12.0. The van der Waals surface area contributed by atoms with Crippen LogP contribution < -0.4 is 5.32 Å². The van der Waals surface area contributed by atoms with Gasteiger partial charge < -0.3 is 9.73 Å². The minimum Gasteiger partial charge on any atom is -0.465 e. The lowest BCUT2D eigenvalue weighted by Crippen LogP contribution is -2.25. The van der Waals surface area contributed by atoms with Gasteiger partial charge in [0.05, 0.1) is 24.2 Å². The van der Waals surface area contributed by atoms with E-state index in [4.69, 9.17) is 4.42 Å². The lowest BCUT2D eigenvalue weighted by molar-refractivity contribution is -0.117. The Labute approximate surface area is 144 Å². The minimum absolute atomic E-state index is 0.219. The number of hydrogen-bond acceptors (Lipinski definition) is 3. The fraction of sp³-hybridized carbons (Fsp3) is 0.158. The molecule has 1 amide bonds. The third kappa shape index (κ3) is 3.85. The molecule has 1 aromatic carbocycles. The van der Waals surface area contributed by atoms with E-state index in [1.165, 1.54) is 18.2 Å². The molecule has 1 unspecified atom stereocenters. The average molecular weight is 339 g/mol. The molecular formula is C19H18FN3O2. The van der Waals surface area contributed by atoms with Crippen molar-refractivity contribution in [2.75, 3.05) is 0 Å². The number of rotatable bonds is 5. The summed E-state index contributed by atoms with van der Waals surface area (Å²) in [6.07, 6.45) is 6.29. The highest BCUT2D eigenvalue weighted by Gasteiger charge is 2.15. The van der Waals surface area contributed by atoms with E-state index in [2.05, 4.69) is 10.4 Å². The lowest BCUT2D eigenvalue weighted by atomic mass is 10.1. The fourth-order valence-corrected chi connectivity index (χ4v) is 2.57. The molecule has 0 spiro atoms. The number of halogens is 1. The number of hydrogen-bond donors (Lipinski definition) is 1. The molecule has 5 nitrogen and oxygen atoms in total. The standard InChI is InChI=1S/C19H18FN3O2/c1-13(22-19(24)10-9-17-4-3-11-25-17)18-12-21-23(14(18)2)16-7-5-15(20)6-8-16/h3-13H,1-2H3,(H,22,24)/b10-9+. The molecule has 0 aliphatic heterocycles. The largest absolute Gasteiger partial charge is 0.465 e. The smallest absolute Gasteiger partial charge is 0.244 e. The highest BCUT2D eigenvalue weighted by molar-refractivity contribution is 5.91. The van der Waals surface area contributed by atoms with Gasteiger partial charge in [-0.1, -0.05) is 0 Å². The number of nitrogens with zero attached hydrogens (tertiary/aromatic N) is 2. The van der Waals surface area contributed by atoms with Gasteiger partial charge in [-0.05, 0) is 56.3 Å². The van der Waals surface area contributed by atoms with Gasteiger partial charge in [0.2, 0.25) is 5.91 Å². The van der Waals surface area contributed by atoms with Crippen molar-refractivity contribution in [2.45, 2.75) is 19.9 Å². The van der Waals surface area contributed by atoms with Crippen LogP contribution in [0, 0.1) is 12.7 Å². The number of benzene rings is 1. The van der Waals surface area contributed by atoms with Gasteiger partial charge in [-0.3, -0.25) is 4.79 Å². The Morgan fingerprint density at radius 3 is 2.76 bits per heavy atom. The van der Waals surface area contributed by atoms with Crippen LogP contribution in [0.25, 0.3) is 11.8 Å². The van der Waals surface area contributed by atoms with Crippen LogP contribution in [-0.4, -0.2) is 15.7 Å². The van der Waals surface area contributed by atoms with Crippen molar-refractivity contribution < 1.29 is 13.6 Å². The van der Waals surface area contributed by atoms with Crippen LogP contribution in [0.2, 0.25) is 0 Å². The first-order valence-corrected chi connectivity index (χ1v) is 7.87. The molecule has 128 valence electrons. The summed E-state index contributed by atoms with van der Waals surface area (Å²) in [5, 5.41) is 7.23. The van der Waals surface area contributed by atoms with Gasteiger partial charge in [-0.25, -0.2) is 9.07 Å². The molecule has 0 fully saturated rings. The van der Waals surface area contributed by atoms with Crippen LogP contribution in [0.4, 0.5) is 4.39 Å². The molecule has 0 bridgehead atoms. The van der Waals surface area contributed by atoms with E-state index in [1.54, 1.807) is 47.5 Å². The van der Waals surface area contributed by atoms with Crippen LogP contribution in [0.5, 0.6) is 0 Å². The molecule has 3 aromatic rings. The number of nitrogens with one attached hydrogen (secondary N) is 1. The monoisotopic (exact) mass is 339 g/mol. The lowest BCUT2D eigenvalue weighted by Gasteiger charge is -2.13. The second kappa shape index (κ2) is 7.17. The van der Waals surface area contributed by atoms with Crippen molar-refractivity contribution in [3.8, 4) is 5.69 Å². The Morgan fingerprint density at radius 1 is 1.32 bits per heavy atom. The Balaban J connectivity index is 1.71. The van der Waals surface area contributed by atoms with Gasteiger partial charge in [0.25, 0.3) is 0 Å². The number of carbonyl (C=O) groups is 1. The van der Waals surface area contributed by atoms with Crippen LogP contribution in [0.15, 0.2) is 59.4 Å². The van der Waals surface area contributed by atoms with Crippen molar-refractivity contribution in [1.82, 2.24) is 15.1 Å². The predicted octanol–water partition coefficient (Wildman–Crippen LogP) is 3.80. The third-order valence-electron chi connectivity index (χ3n) is 3.89. The number of carbonyl (C=O) groups excluding carboxylic acids is 1. The van der Waals surface area contributed by atoms with Crippen molar-refractivity contribution in [3.63, 3.8) is 0 Å². The van der Waals surface area contributed by atoms with E-state index in [0.717, 1.165) is 16.9 Å². The highest BCUT2D eigenvalue weighted by Crippen LogP contribution is 2.20. The zero-order valence-electron chi connectivity index (χ0n) is 13.9. The second-order valence-corrected chi connectivity index (χ2v) is 5.65. The Morgan fingerprint density at radius 2 is 2.08 bits per heavy atom. The first-order valence-electron chi connectivity index (χ1n) is 7.87. The normalized spacial score (nSPS) is 12.4. The van der Waals surface area contributed by atoms with Gasteiger partial charge >= 0.3 is 0 Å². The summed E-state index contributed by atoms with van der Waals surface area (Å²) in [4.78, 5) is 12.0. The molecule has 0 saturated carbocycles. The van der Waals surface area contributed by atoms with Gasteiger partial charge in [-0.2, -0.15) is 5.10 Å². The number of furan rings is 1. The van der Waals surface area contributed by atoms with Gasteiger partial charge in [0, 0.05) is 17.3 Å². The molecule has 6 heteroatoms. The van der Waals surface area contributed by atoms with E-state index < -0.39 is 0 Å². The molecular weight excluding hydrogens is 321 g/mol. The Bertz CT molecular complexity index is 880. The molecule has 25 heavy (non-hydrogen) atoms. The zero-order valence-corrected chi connectivity index (χ0v) is 13.9. The predicted molar refractivity (Wildman–Crippen MR) is 92.6 cm³/mol. The molecule has 0 radical (unpaired) electrons. The summed E-state index contributed by atoms with van der Waals surface area (Å²) >= 11 is 0. The second-order valence-electron chi connectivity index (χ2n) is 5.65. The van der Waals surface area contributed by atoms with E-state index in [9.17, 15) is 9.18 Å². The van der Waals surface area contributed by atoms with E-state index in [0.29, 0.717) is 5.76 Å². The summed E-state index contributed by atoms with van der Waals surface area (Å²) in [6, 6.07) is 9.41. The quantitative estimate of drug-likeness (QED) is 0.719. The van der Waals surface area contributed by atoms with Gasteiger partial charge in [-0.15, -0.1) is 0 Å². The van der Waals surface area contributed by atoms with Crippen LogP contribution in [0.1, 0.15) is 30.0 Å². The molecule has 0 aliphatic rings. The third-order valence-corrected chi connectivity index (χ3v) is 3.89. The Kier molecular flexibility index (Phi) is 4.79. The molecule has 0 aliphatic carbocycles. The van der Waals surface area contributed by atoms with Crippen LogP contribution in [-0.2, 0) is 4.79 Å². The topological polar surface area (TPSA) is 60.1 Å². The number of aromatic nitrogens is 2. The van der Waals surface area contributed by atoms with Crippen LogP contribution >= 0.6 is 0 Å². The van der Waals surface area contributed by atoms with Crippen LogP contribution in [0.3, 0.4) is 0 Å². The SMILES string of the molecule is Cc1c(C(C)NC(=O)/C=C/c2ccco2)cnn1-c1ccc(F)cc1. The van der Waals surface area contributed by atoms with Crippen molar-refractivity contribution in [3.05, 3.63) is 77.8 Å². The van der Waals surface area contributed by atoms with Gasteiger partial charge in [0.15, 0.2) is 0 Å². The van der Waals surface area contributed by atoms with Crippen molar-refractivity contribution in [2.24, 2.45) is 0 Å². The summed E-state index contributed by atoms with van der Waals surface area (Å²) < 4.78 is 19.9. The fourth-order valence-electron chi connectivity index (χ4n) is 2.57. The van der Waals surface area contributed by atoms with Crippen molar-refractivity contribution in [1.29, 1.82) is 0 Å². The Hall–Kier alpha value is -3.15. The maximum atomic E-state index is 13.1. The molecule has 1 atom stereocenters. The summed E-state index contributed by atoms with van der Waals surface area (Å²) in [5.74, 6) is 0.0960. The molecule has 2 heterocycles. The summed E-state index contributed by atoms with van der Waals surface area (Å²) in [6.45, 7) is 3.80. The maximum absolute atomic E-state index is 13.1. The minimum atomic E-state index is -0.294.